The van der Waals surface area contributed by atoms with Crippen molar-refractivity contribution in [2.24, 2.45) is 40.1 Å². The molecule has 0 aromatic carbocycles. The van der Waals surface area contributed by atoms with Crippen LogP contribution in [0, 0.1) is 19.8 Å². The molecule has 33 heavy (non-hydrogen) atoms. The summed E-state index contributed by atoms with van der Waals surface area (Å²) >= 11 is 0. The van der Waals surface area contributed by atoms with Crippen molar-refractivity contribution >= 4 is 30.3 Å². The van der Waals surface area contributed by atoms with E-state index in [1.165, 1.54) is 14.4 Å². The van der Waals surface area contributed by atoms with Crippen LogP contribution in [0.3, 0.4) is 0 Å². The van der Waals surface area contributed by atoms with Gasteiger partial charge in [-0.25, -0.2) is 5.01 Å². The van der Waals surface area contributed by atoms with E-state index in [9.17, 15) is 14.4 Å². The molecule has 3 heterocycles. The van der Waals surface area contributed by atoms with E-state index in [1.54, 1.807) is 60.9 Å². The summed E-state index contributed by atoms with van der Waals surface area (Å²) in [6, 6.07) is 0. The lowest BCUT2D eigenvalue weighted by molar-refractivity contribution is -0.128. The number of aromatic amines is 2. The summed E-state index contributed by atoms with van der Waals surface area (Å²) in [5.41, 5.74) is 3.71. The van der Waals surface area contributed by atoms with Gasteiger partial charge in [0.1, 0.15) is 5.92 Å². The van der Waals surface area contributed by atoms with Crippen molar-refractivity contribution in [1.29, 1.82) is 0 Å². The second-order valence-electron chi connectivity index (χ2n) is 7.29. The van der Waals surface area contributed by atoms with Crippen molar-refractivity contribution in [2.75, 3.05) is 28.2 Å². The zero-order chi connectivity index (χ0) is 25.3. The Morgan fingerprint density at radius 3 is 1.45 bits per heavy atom. The molecule has 12 nitrogen and oxygen atoms in total. The molecule has 0 radical (unpaired) electrons. The second-order valence-corrected chi connectivity index (χ2v) is 7.29. The van der Waals surface area contributed by atoms with Gasteiger partial charge in [0.25, 0.3) is 17.0 Å². The number of amides is 1. The molecule has 2 aromatic rings. The third kappa shape index (κ3) is 6.82. The van der Waals surface area contributed by atoms with Gasteiger partial charge in [0.15, 0.2) is 0 Å². The number of hydrogen-bond acceptors (Lipinski definition) is 7. The van der Waals surface area contributed by atoms with E-state index >= 15 is 0 Å². The van der Waals surface area contributed by atoms with Gasteiger partial charge < -0.3 is 0 Å². The summed E-state index contributed by atoms with van der Waals surface area (Å²) in [5, 5.41) is 11.1. The van der Waals surface area contributed by atoms with Gasteiger partial charge in [-0.2, -0.15) is 5.10 Å². The van der Waals surface area contributed by atoms with Gasteiger partial charge in [-0.05, 0) is 20.8 Å². The first-order valence-corrected chi connectivity index (χ1v) is 10.1. The van der Waals surface area contributed by atoms with Crippen LogP contribution < -0.4 is 11.1 Å². The number of aryl methyl sites for hydroxylation is 4. The van der Waals surface area contributed by atoms with Crippen molar-refractivity contribution in [1.82, 2.24) is 24.6 Å². The molecule has 0 bridgehead atoms. The van der Waals surface area contributed by atoms with Crippen molar-refractivity contribution in [3.8, 4) is 0 Å². The largest absolute Gasteiger partial charge is 0.300 e. The van der Waals surface area contributed by atoms with Crippen molar-refractivity contribution in [2.45, 2.75) is 20.8 Å². The average molecular weight is 460 g/mol. The van der Waals surface area contributed by atoms with E-state index in [-0.39, 0.29) is 22.9 Å². The minimum Gasteiger partial charge on any atom is -0.300 e. The third-order valence-electron chi connectivity index (χ3n) is 4.71. The quantitative estimate of drug-likeness (QED) is 0.636. The maximum Gasteiger partial charge on any atom is 0.275 e. The molecular formula is C21H33N9O3. The Hall–Kier alpha value is -3.83. The van der Waals surface area contributed by atoms with Crippen molar-refractivity contribution in [3.05, 3.63) is 43.2 Å². The highest BCUT2D eigenvalue weighted by Crippen LogP contribution is 2.11. The number of rotatable bonds is 3. The van der Waals surface area contributed by atoms with E-state index in [0.717, 1.165) is 17.1 Å². The minimum atomic E-state index is -0.231. The molecule has 12 heteroatoms. The molecule has 1 unspecified atom stereocenters. The molecule has 1 aliphatic heterocycles. The van der Waals surface area contributed by atoms with Crippen molar-refractivity contribution < 1.29 is 4.79 Å². The number of hydrogen-bond donors (Lipinski definition) is 2. The standard InChI is InChI=1S/3C7H11N3O/c3*1-5-6(4-8-2)7(11)10(3)9-5/h2*4,9H,1-3H3;4,6H,1-3H3. The zero-order valence-electron chi connectivity index (χ0n) is 20.7. The second kappa shape index (κ2) is 12.3. The van der Waals surface area contributed by atoms with Crippen LogP contribution in [-0.4, -0.2) is 83.0 Å². The van der Waals surface area contributed by atoms with Crippen LogP contribution in [0.4, 0.5) is 0 Å². The van der Waals surface area contributed by atoms with E-state index in [2.05, 4.69) is 30.3 Å². The Bertz CT molecular complexity index is 1120. The fraction of sp³-hybridized carbons (Fsp3) is 0.476. The van der Waals surface area contributed by atoms with Gasteiger partial charge in [-0.1, -0.05) is 0 Å². The summed E-state index contributed by atoms with van der Waals surface area (Å²) in [6.07, 6.45) is 4.74. The number of hydrazone groups is 1. The Labute approximate surface area is 192 Å². The number of aliphatic imine (C=N–C) groups is 3. The van der Waals surface area contributed by atoms with Crippen LogP contribution in [-0.2, 0) is 18.9 Å². The van der Waals surface area contributed by atoms with Crippen molar-refractivity contribution in [3.63, 3.8) is 0 Å². The van der Waals surface area contributed by atoms with Crippen LogP contribution >= 0.6 is 0 Å². The maximum atomic E-state index is 11.2. The molecule has 1 aliphatic rings. The Morgan fingerprint density at radius 2 is 1.21 bits per heavy atom. The SMILES string of the molecule is CN=CC1C(=O)N(C)N=C1C.CN=Cc1c(C)[nH]n(C)c1=O.CN=Cc1c(C)[nH]n(C)c1=O. The summed E-state index contributed by atoms with van der Waals surface area (Å²) in [5.74, 6) is -0.238. The highest BCUT2D eigenvalue weighted by Gasteiger charge is 2.29. The van der Waals surface area contributed by atoms with Crippen LogP contribution in [0.5, 0.6) is 0 Å². The van der Waals surface area contributed by atoms with Gasteiger partial charge in [0, 0.05) is 72.3 Å². The first kappa shape index (κ1) is 27.2. The Balaban J connectivity index is 0.000000247. The molecule has 2 aromatic heterocycles. The topological polar surface area (TPSA) is 145 Å². The van der Waals surface area contributed by atoms with Gasteiger partial charge >= 0.3 is 0 Å². The normalized spacial score (nSPS) is 15.8. The number of aromatic nitrogens is 4. The summed E-state index contributed by atoms with van der Waals surface area (Å²) < 4.78 is 2.87. The molecular weight excluding hydrogens is 426 g/mol. The number of carbonyl (C=O) groups excluding carboxylic acids is 1. The fourth-order valence-corrected chi connectivity index (χ4v) is 3.02. The highest BCUT2D eigenvalue weighted by molar-refractivity contribution is 6.17. The molecule has 0 aliphatic carbocycles. The summed E-state index contributed by atoms with van der Waals surface area (Å²) in [7, 11) is 9.96. The molecule has 2 N–H and O–H groups in total. The monoisotopic (exact) mass is 459 g/mol. The lowest BCUT2D eigenvalue weighted by Gasteiger charge is -2.03. The zero-order valence-corrected chi connectivity index (χ0v) is 20.7. The first-order valence-electron chi connectivity index (χ1n) is 10.1. The minimum absolute atomic E-state index is 0.00639. The van der Waals surface area contributed by atoms with Gasteiger partial charge in [-0.3, -0.25) is 48.9 Å². The summed E-state index contributed by atoms with van der Waals surface area (Å²) in [6.45, 7) is 5.52. The fourth-order valence-electron chi connectivity index (χ4n) is 3.02. The first-order chi connectivity index (χ1) is 15.5. The van der Waals surface area contributed by atoms with E-state index < -0.39 is 0 Å². The third-order valence-corrected chi connectivity index (χ3v) is 4.71. The molecule has 180 valence electrons. The van der Waals surface area contributed by atoms with Gasteiger partial charge in [0.05, 0.1) is 16.8 Å². The predicted molar refractivity (Wildman–Crippen MR) is 132 cm³/mol. The van der Waals surface area contributed by atoms with E-state index in [1.807, 2.05) is 20.8 Å². The number of carbonyl (C=O) groups is 1. The van der Waals surface area contributed by atoms with Crippen LogP contribution in [0.25, 0.3) is 0 Å². The van der Waals surface area contributed by atoms with E-state index in [4.69, 9.17) is 0 Å². The molecule has 0 spiro atoms. The molecule has 0 saturated carbocycles. The number of H-pyrrole nitrogens is 2. The maximum absolute atomic E-state index is 11.2. The molecule has 0 saturated heterocycles. The van der Waals surface area contributed by atoms with Crippen LogP contribution in [0.1, 0.15) is 29.4 Å². The molecule has 1 atom stereocenters. The number of nitrogens with zero attached hydrogens (tertiary/aromatic N) is 7. The van der Waals surface area contributed by atoms with E-state index in [0.29, 0.717) is 11.1 Å². The molecule has 0 fully saturated rings. The van der Waals surface area contributed by atoms with Crippen LogP contribution in [0.2, 0.25) is 0 Å². The average Bonchev–Trinajstić information content (AvgIpc) is 3.25. The molecule has 3 rings (SSSR count). The Kier molecular flexibility index (Phi) is 10.1. The molecule has 1 amide bonds. The number of nitrogens with one attached hydrogen (secondary N) is 2. The lowest BCUT2D eigenvalue weighted by atomic mass is 10.1. The lowest BCUT2D eigenvalue weighted by Crippen LogP contribution is -2.25. The predicted octanol–water partition coefficient (Wildman–Crippen LogP) is 0.292. The summed E-state index contributed by atoms with van der Waals surface area (Å²) in [4.78, 5) is 45.0. The Morgan fingerprint density at radius 1 is 0.788 bits per heavy atom. The smallest absolute Gasteiger partial charge is 0.275 e. The van der Waals surface area contributed by atoms with Gasteiger partial charge in [-0.15, -0.1) is 0 Å². The highest BCUT2D eigenvalue weighted by atomic mass is 16.2. The van der Waals surface area contributed by atoms with Gasteiger partial charge in [0.2, 0.25) is 0 Å². The van der Waals surface area contributed by atoms with Crippen LogP contribution in [0.15, 0.2) is 29.7 Å².